The third kappa shape index (κ3) is 5.33. The minimum atomic E-state index is -0.349. The van der Waals surface area contributed by atoms with Crippen LogP contribution in [-0.4, -0.2) is 35.3 Å². The van der Waals surface area contributed by atoms with Crippen LogP contribution in [0.3, 0.4) is 0 Å². The molecule has 2 amide bonds. The summed E-state index contributed by atoms with van der Waals surface area (Å²) in [6, 6.07) is -0.675. The van der Waals surface area contributed by atoms with Crippen molar-refractivity contribution in [3.63, 3.8) is 0 Å². The Morgan fingerprint density at radius 3 is 2.19 bits per heavy atom. The molecule has 2 atom stereocenters. The number of rotatable bonds is 9. The number of carbonyl (C=O) groups is 2. The number of piperazine rings is 1. The zero-order valence-electron chi connectivity index (χ0n) is 14.2. The lowest BCUT2D eigenvalue weighted by atomic mass is 9.98. The Balaban J connectivity index is 2.37. The first-order valence-electron chi connectivity index (χ1n) is 8.59. The molecule has 1 heterocycles. The van der Waals surface area contributed by atoms with Crippen molar-refractivity contribution in [1.82, 2.24) is 10.2 Å². The molecular formula is C17H32N2O2. The van der Waals surface area contributed by atoms with E-state index in [1.54, 1.807) is 4.90 Å². The zero-order chi connectivity index (χ0) is 15.8. The largest absolute Gasteiger partial charge is 0.342 e. The molecule has 1 saturated heterocycles. The average molecular weight is 296 g/mol. The number of hydrogen-bond acceptors (Lipinski definition) is 2. The van der Waals surface area contributed by atoms with E-state index in [2.05, 4.69) is 12.2 Å². The molecule has 0 radical (unpaired) electrons. The van der Waals surface area contributed by atoms with Gasteiger partial charge in [-0.25, -0.2) is 0 Å². The van der Waals surface area contributed by atoms with Crippen LogP contribution in [0.1, 0.15) is 72.6 Å². The van der Waals surface area contributed by atoms with Crippen LogP contribution >= 0.6 is 0 Å². The molecule has 2 unspecified atom stereocenters. The minimum Gasteiger partial charge on any atom is -0.342 e. The van der Waals surface area contributed by atoms with Gasteiger partial charge in [0.2, 0.25) is 11.8 Å². The van der Waals surface area contributed by atoms with Gasteiger partial charge in [-0.15, -0.1) is 0 Å². The molecule has 0 aromatic rings. The number of hydrogen-bond donors (Lipinski definition) is 1. The van der Waals surface area contributed by atoms with Gasteiger partial charge in [0.05, 0.1) is 0 Å². The fraction of sp³-hybridized carbons (Fsp3) is 0.882. The topological polar surface area (TPSA) is 49.4 Å². The van der Waals surface area contributed by atoms with E-state index in [9.17, 15) is 9.59 Å². The first-order chi connectivity index (χ1) is 9.99. The summed E-state index contributed by atoms with van der Waals surface area (Å²) in [7, 11) is 0. The van der Waals surface area contributed by atoms with E-state index in [1.807, 2.05) is 20.8 Å². The Morgan fingerprint density at radius 1 is 1.05 bits per heavy atom. The van der Waals surface area contributed by atoms with Crippen LogP contribution in [0, 0.1) is 5.92 Å². The van der Waals surface area contributed by atoms with Crippen molar-refractivity contribution in [3.8, 4) is 0 Å². The smallest absolute Gasteiger partial charge is 0.246 e. The molecule has 1 aliphatic heterocycles. The van der Waals surface area contributed by atoms with Crippen LogP contribution in [0.4, 0.5) is 0 Å². The SMILES string of the molecule is CCCCCCCCCN1C(=O)C(C(C)C)NC(=O)C1C. The Bertz CT molecular complexity index is 342. The molecule has 21 heavy (non-hydrogen) atoms. The van der Waals surface area contributed by atoms with Gasteiger partial charge in [-0.05, 0) is 19.3 Å². The molecule has 0 aromatic heterocycles. The Labute approximate surface area is 129 Å². The fourth-order valence-electron chi connectivity index (χ4n) is 2.84. The van der Waals surface area contributed by atoms with Crippen LogP contribution in [0.2, 0.25) is 0 Å². The van der Waals surface area contributed by atoms with Crippen LogP contribution in [0.25, 0.3) is 0 Å². The molecule has 4 nitrogen and oxygen atoms in total. The van der Waals surface area contributed by atoms with Crippen molar-refractivity contribution in [1.29, 1.82) is 0 Å². The molecule has 1 aliphatic rings. The molecule has 0 spiro atoms. The van der Waals surface area contributed by atoms with Gasteiger partial charge in [0.15, 0.2) is 0 Å². The number of unbranched alkanes of at least 4 members (excludes halogenated alkanes) is 6. The predicted octanol–water partition coefficient (Wildman–Crippen LogP) is 3.11. The van der Waals surface area contributed by atoms with Gasteiger partial charge in [0, 0.05) is 6.54 Å². The van der Waals surface area contributed by atoms with Crippen LogP contribution in [0.15, 0.2) is 0 Å². The fourth-order valence-corrected chi connectivity index (χ4v) is 2.84. The number of nitrogens with zero attached hydrogens (tertiary/aromatic N) is 1. The second-order valence-electron chi connectivity index (χ2n) is 6.56. The molecule has 0 bridgehead atoms. The lowest BCUT2D eigenvalue weighted by Crippen LogP contribution is -2.63. The van der Waals surface area contributed by atoms with Crippen molar-refractivity contribution in [2.24, 2.45) is 5.92 Å². The molecule has 1 fully saturated rings. The second kappa shape index (κ2) is 9.06. The van der Waals surface area contributed by atoms with Crippen molar-refractivity contribution < 1.29 is 9.59 Å². The quantitative estimate of drug-likeness (QED) is 0.665. The van der Waals surface area contributed by atoms with Gasteiger partial charge in [0.25, 0.3) is 0 Å². The van der Waals surface area contributed by atoms with Crippen LogP contribution < -0.4 is 5.32 Å². The summed E-state index contributed by atoms with van der Waals surface area (Å²) in [6.07, 6.45) is 8.56. The van der Waals surface area contributed by atoms with E-state index in [0.717, 1.165) is 12.8 Å². The molecule has 0 aliphatic carbocycles. The second-order valence-corrected chi connectivity index (χ2v) is 6.56. The molecule has 4 heteroatoms. The summed E-state index contributed by atoms with van der Waals surface area (Å²) in [5, 5.41) is 2.84. The maximum absolute atomic E-state index is 12.4. The van der Waals surface area contributed by atoms with E-state index in [0.29, 0.717) is 6.54 Å². The lowest BCUT2D eigenvalue weighted by molar-refractivity contribution is -0.149. The zero-order valence-corrected chi connectivity index (χ0v) is 14.2. The highest BCUT2D eigenvalue weighted by Crippen LogP contribution is 2.17. The third-order valence-corrected chi connectivity index (χ3v) is 4.36. The maximum atomic E-state index is 12.4. The van der Waals surface area contributed by atoms with E-state index >= 15 is 0 Å². The number of carbonyl (C=O) groups excluding carboxylic acids is 2. The first kappa shape index (κ1) is 18.0. The van der Waals surface area contributed by atoms with E-state index in [4.69, 9.17) is 0 Å². The van der Waals surface area contributed by atoms with Gasteiger partial charge in [0.1, 0.15) is 12.1 Å². The van der Waals surface area contributed by atoms with Gasteiger partial charge in [-0.1, -0.05) is 59.3 Å². The van der Waals surface area contributed by atoms with Crippen molar-refractivity contribution >= 4 is 11.8 Å². The summed E-state index contributed by atoms with van der Waals surface area (Å²) in [6.45, 7) is 8.71. The van der Waals surface area contributed by atoms with Crippen molar-refractivity contribution in [3.05, 3.63) is 0 Å². The van der Waals surface area contributed by atoms with Crippen molar-refractivity contribution in [2.75, 3.05) is 6.54 Å². The molecule has 1 N–H and O–H groups in total. The van der Waals surface area contributed by atoms with Crippen LogP contribution in [-0.2, 0) is 9.59 Å². The summed E-state index contributed by atoms with van der Waals surface area (Å²) in [4.78, 5) is 26.2. The Hall–Kier alpha value is -1.06. The lowest BCUT2D eigenvalue weighted by Gasteiger charge is -2.38. The summed E-state index contributed by atoms with van der Waals surface area (Å²) >= 11 is 0. The molecule has 122 valence electrons. The highest BCUT2D eigenvalue weighted by atomic mass is 16.2. The number of nitrogens with one attached hydrogen (secondary N) is 1. The van der Waals surface area contributed by atoms with Gasteiger partial charge < -0.3 is 10.2 Å². The van der Waals surface area contributed by atoms with Gasteiger partial charge in [-0.3, -0.25) is 9.59 Å². The first-order valence-corrected chi connectivity index (χ1v) is 8.59. The van der Waals surface area contributed by atoms with Gasteiger partial charge >= 0.3 is 0 Å². The molecule has 0 saturated carbocycles. The maximum Gasteiger partial charge on any atom is 0.246 e. The normalized spacial score (nSPS) is 22.8. The Morgan fingerprint density at radius 2 is 1.62 bits per heavy atom. The monoisotopic (exact) mass is 296 g/mol. The van der Waals surface area contributed by atoms with Gasteiger partial charge in [-0.2, -0.15) is 0 Å². The van der Waals surface area contributed by atoms with E-state index in [-0.39, 0.29) is 29.8 Å². The number of amides is 2. The van der Waals surface area contributed by atoms with E-state index in [1.165, 1.54) is 32.1 Å². The highest BCUT2D eigenvalue weighted by Gasteiger charge is 2.38. The van der Waals surface area contributed by atoms with E-state index < -0.39 is 0 Å². The average Bonchev–Trinajstić information content (AvgIpc) is 2.44. The summed E-state index contributed by atoms with van der Waals surface area (Å²) in [5.74, 6) is 0.213. The predicted molar refractivity (Wildman–Crippen MR) is 85.9 cm³/mol. The summed E-state index contributed by atoms with van der Waals surface area (Å²) in [5.41, 5.74) is 0. The molecule has 1 rings (SSSR count). The Kier molecular flexibility index (Phi) is 7.76. The van der Waals surface area contributed by atoms with Crippen molar-refractivity contribution in [2.45, 2.75) is 84.7 Å². The van der Waals surface area contributed by atoms with Crippen LogP contribution in [0.5, 0.6) is 0 Å². The molecular weight excluding hydrogens is 264 g/mol. The summed E-state index contributed by atoms with van der Waals surface area (Å²) < 4.78 is 0. The minimum absolute atomic E-state index is 0.0174. The molecule has 0 aromatic carbocycles. The third-order valence-electron chi connectivity index (χ3n) is 4.36. The standard InChI is InChI=1S/C17H32N2O2/c1-5-6-7-8-9-10-11-12-19-14(4)16(20)18-15(13(2)3)17(19)21/h13-15H,5-12H2,1-4H3,(H,18,20). The highest BCUT2D eigenvalue weighted by molar-refractivity contribution is 5.96.